The molecule has 2 N–H and O–H groups in total. The van der Waals surface area contributed by atoms with Crippen LogP contribution >= 0.6 is 11.8 Å². The van der Waals surface area contributed by atoms with Gasteiger partial charge >= 0.3 is 0 Å². The van der Waals surface area contributed by atoms with Crippen molar-refractivity contribution in [3.05, 3.63) is 53.6 Å². The number of sulfonamides is 1. The van der Waals surface area contributed by atoms with Gasteiger partial charge in [-0.05, 0) is 24.6 Å². The summed E-state index contributed by atoms with van der Waals surface area (Å²) < 4.78 is 37.5. The van der Waals surface area contributed by atoms with Crippen LogP contribution in [0.3, 0.4) is 0 Å². The van der Waals surface area contributed by atoms with E-state index in [4.69, 9.17) is 9.47 Å². The smallest absolute Gasteiger partial charge is 0.240 e. The molecule has 164 valence electrons. The standard InChI is InChI=1S/C21H28N2O5S2/c1-16-4-6-17(7-5-16)15-29-13-12-22-21(24)10-11-23-30(25,26)18-8-9-19(27-2)20(14-18)28-3/h4-9,14,23H,10-13,15H2,1-3H3,(H,22,24). The van der Waals surface area contributed by atoms with Crippen molar-refractivity contribution in [2.75, 3.05) is 33.1 Å². The minimum atomic E-state index is -3.75. The van der Waals surface area contributed by atoms with Crippen molar-refractivity contribution in [3.8, 4) is 11.5 Å². The first-order valence-corrected chi connectivity index (χ1v) is 12.1. The van der Waals surface area contributed by atoms with Gasteiger partial charge in [-0.1, -0.05) is 29.8 Å². The number of thioether (sulfide) groups is 1. The number of carbonyl (C=O) groups excluding carboxylic acids is 1. The van der Waals surface area contributed by atoms with Crippen molar-refractivity contribution < 1.29 is 22.7 Å². The number of amides is 1. The third kappa shape index (κ3) is 7.55. The van der Waals surface area contributed by atoms with E-state index >= 15 is 0 Å². The van der Waals surface area contributed by atoms with Gasteiger partial charge in [-0.15, -0.1) is 0 Å². The van der Waals surface area contributed by atoms with Crippen LogP contribution in [0.2, 0.25) is 0 Å². The highest BCUT2D eigenvalue weighted by atomic mass is 32.2. The van der Waals surface area contributed by atoms with Gasteiger partial charge in [0, 0.05) is 37.1 Å². The lowest BCUT2D eigenvalue weighted by molar-refractivity contribution is -0.120. The molecule has 0 radical (unpaired) electrons. The molecular formula is C21H28N2O5S2. The summed E-state index contributed by atoms with van der Waals surface area (Å²) in [6.07, 6.45) is 0.0646. The Kier molecular flexibility index (Phi) is 9.48. The topological polar surface area (TPSA) is 93.7 Å². The number of aryl methyl sites for hydroxylation is 1. The fourth-order valence-electron chi connectivity index (χ4n) is 2.59. The molecule has 0 aromatic heterocycles. The predicted molar refractivity (Wildman–Crippen MR) is 120 cm³/mol. The number of rotatable bonds is 12. The Bertz CT molecular complexity index is 931. The van der Waals surface area contributed by atoms with E-state index < -0.39 is 10.0 Å². The summed E-state index contributed by atoms with van der Waals surface area (Å²) in [5, 5.41) is 2.81. The van der Waals surface area contributed by atoms with E-state index in [2.05, 4.69) is 41.2 Å². The summed E-state index contributed by atoms with van der Waals surface area (Å²) in [5.41, 5.74) is 2.49. The number of hydrogen-bond acceptors (Lipinski definition) is 6. The molecule has 9 heteroatoms. The average molecular weight is 453 g/mol. The average Bonchev–Trinajstić information content (AvgIpc) is 2.74. The zero-order valence-corrected chi connectivity index (χ0v) is 19.1. The van der Waals surface area contributed by atoms with Gasteiger partial charge in [0.1, 0.15) is 0 Å². The Hall–Kier alpha value is -2.23. The zero-order chi connectivity index (χ0) is 22.0. The molecule has 0 atom stereocenters. The van der Waals surface area contributed by atoms with Gasteiger partial charge in [0.2, 0.25) is 15.9 Å². The summed E-state index contributed by atoms with van der Waals surface area (Å²) in [4.78, 5) is 12.0. The van der Waals surface area contributed by atoms with Crippen LogP contribution in [0.1, 0.15) is 17.5 Å². The zero-order valence-electron chi connectivity index (χ0n) is 17.4. The molecule has 0 unspecified atom stereocenters. The minimum Gasteiger partial charge on any atom is -0.493 e. The molecular weight excluding hydrogens is 424 g/mol. The van der Waals surface area contributed by atoms with Crippen molar-refractivity contribution in [2.45, 2.75) is 24.0 Å². The van der Waals surface area contributed by atoms with Crippen LogP contribution in [0.4, 0.5) is 0 Å². The van der Waals surface area contributed by atoms with Gasteiger partial charge in [0.15, 0.2) is 11.5 Å². The Balaban J connectivity index is 1.68. The summed E-state index contributed by atoms with van der Waals surface area (Å²) in [5.74, 6) is 2.25. The Morgan fingerprint density at radius 2 is 1.70 bits per heavy atom. The highest BCUT2D eigenvalue weighted by molar-refractivity contribution is 7.98. The van der Waals surface area contributed by atoms with E-state index in [1.165, 1.54) is 43.5 Å². The molecule has 0 fully saturated rings. The fourth-order valence-corrected chi connectivity index (χ4v) is 4.46. The molecule has 0 saturated heterocycles. The second-order valence-corrected chi connectivity index (χ2v) is 9.42. The van der Waals surface area contributed by atoms with Gasteiger partial charge in [-0.25, -0.2) is 13.1 Å². The van der Waals surface area contributed by atoms with E-state index in [0.717, 1.165) is 11.5 Å². The van der Waals surface area contributed by atoms with Crippen molar-refractivity contribution in [1.29, 1.82) is 0 Å². The second-order valence-electron chi connectivity index (χ2n) is 6.55. The number of hydrogen-bond donors (Lipinski definition) is 2. The van der Waals surface area contributed by atoms with Gasteiger partial charge < -0.3 is 14.8 Å². The van der Waals surface area contributed by atoms with Crippen molar-refractivity contribution in [3.63, 3.8) is 0 Å². The molecule has 0 aliphatic carbocycles. The molecule has 0 saturated carbocycles. The quantitative estimate of drug-likeness (QED) is 0.481. The fraction of sp³-hybridized carbons (Fsp3) is 0.381. The van der Waals surface area contributed by atoms with Gasteiger partial charge in [-0.3, -0.25) is 4.79 Å². The number of benzene rings is 2. The molecule has 0 spiro atoms. The molecule has 0 heterocycles. The largest absolute Gasteiger partial charge is 0.493 e. The maximum atomic E-state index is 12.4. The molecule has 7 nitrogen and oxygen atoms in total. The van der Waals surface area contributed by atoms with Crippen LogP contribution in [0.15, 0.2) is 47.4 Å². The lowest BCUT2D eigenvalue weighted by atomic mass is 10.2. The molecule has 0 aliphatic heterocycles. The number of methoxy groups -OCH3 is 2. The SMILES string of the molecule is COc1ccc(S(=O)(=O)NCCC(=O)NCCSCc2ccc(C)cc2)cc1OC. The third-order valence-electron chi connectivity index (χ3n) is 4.27. The number of nitrogens with one attached hydrogen (secondary N) is 2. The van der Waals surface area contributed by atoms with Crippen LogP contribution in [0.5, 0.6) is 11.5 Å². The first kappa shape index (κ1) is 24.0. The number of ether oxygens (including phenoxy) is 2. The Morgan fingerprint density at radius 3 is 2.37 bits per heavy atom. The van der Waals surface area contributed by atoms with Gasteiger partial charge in [-0.2, -0.15) is 11.8 Å². The normalized spacial score (nSPS) is 11.2. The highest BCUT2D eigenvalue weighted by Crippen LogP contribution is 2.29. The van der Waals surface area contributed by atoms with Gasteiger partial charge in [0.25, 0.3) is 0 Å². The first-order valence-electron chi connectivity index (χ1n) is 9.47. The van der Waals surface area contributed by atoms with Crippen LogP contribution in [-0.4, -0.2) is 47.4 Å². The maximum absolute atomic E-state index is 12.4. The van der Waals surface area contributed by atoms with Crippen molar-refractivity contribution in [2.24, 2.45) is 0 Å². The lowest BCUT2D eigenvalue weighted by Crippen LogP contribution is -2.31. The molecule has 2 aromatic rings. The van der Waals surface area contributed by atoms with Crippen molar-refractivity contribution in [1.82, 2.24) is 10.0 Å². The number of carbonyl (C=O) groups is 1. The predicted octanol–water partition coefficient (Wildman–Crippen LogP) is 2.73. The van der Waals surface area contributed by atoms with Crippen LogP contribution in [0.25, 0.3) is 0 Å². The first-order chi connectivity index (χ1) is 14.4. The van der Waals surface area contributed by atoms with Gasteiger partial charge in [0.05, 0.1) is 19.1 Å². The summed E-state index contributed by atoms with van der Waals surface area (Å²) >= 11 is 1.74. The van der Waals surface area contributed by atoms with E-state index in [0.29, 0.717) is 18.0 Å². The minimum absolute atomic E-state index is 0.0129. The van der Waals surface area contributed by atoms with E-state index in [1.807, 2.05) is 0 Å². The van der Waals surface area contributed by atoms with E-state index in [9.17, 15) is 13.2 Å². The molecule has 0 aliphatic rings. The molecule has 1 amide bonds. The summed E-state index contributed by atoms with van der Waals surface area (Å²) in [6.45, 7) is 2.61. The molecule has 0 bridgehead atoms. The molecule has 30 heavy (non-hydrogen) atoms. The third-order valence-corrected chi connectivity index (χ3v) is 6.76. The monoisotopic (exact) mass is 452 g/mol. The molecule has 2 aromatic carbocycles. The van der Waals surface area contributed by atoms with Crippen LogP contribution < -0.4 is 19.5 Å². The second kappa shape index (κ2) is 11.8. The Morgan fingerprint density at radius 1 is 1.00 bits per heavy atom. The van der Waals surface area contributed by atoms with Crippen LogP contribution in [0, 0.1) is 6.92 Å². The molecule has 2 rings (SSSR count). The maximum Gasteiger partial charge on any atom is 0.240 e. The lowest BCUT2D eigenvalue weighted by Gasteiger charge is -2.11. The highest BCUT2D eigenvalue weighted by Gasteiger charge is 2.17. The summed E-state index contributed by atoms with van der Waals surface area (Å²) in [6, 6.07) is 12.7. The Labute approximate surface area is 182 Å². The summed E-state index contributed by atoms with van der Waals surface area (Å²) in [7, 11) is -0.834. The van der Waals surface area contributed by atoms with E-state index in [-0.39, 0.29) is 23.8 Å². The van der Waals surface area contributed by atoms with E-state index in [1.54, 1.807) is 11.8 Å². The van der Waals surface area contributed by atoms with Crippen LogP contribution in [-0.2, 0) is 20.6 Å². The van der Waals surface area contributed by atoms with Crippen molar-refractivity contribution >= 4 is 27.7 Å².